The summed E-state index contributed by atoms with van der Waals surface area (Å²) in [6.45, 7) is 2.11. The van der Waals surface area contributed by atoms with Gasteiger partial charge in [0.2, 0.25) is 5.91 Å². The summed E-state index contributed by atoms with van der Waals surface area (Å²) in [5.74, 6) is 0.290. The number of benzene rings is 1. The Morgan fingerprint density at radius 2 is 1.86 bits per heavy atom. The first-order valence-electron chi connectivity index (χ1n) is 8.26. The number of likely N-dealkylation sites (N-methyl/N-ethyl adjacent to an activating group) is 1. The smallest absolute Gasteiger partial charge is 0.230 e. The predicted molar refractivity (Wildman–Crippen MR) is 85.2 cm³/mol. The van der Waals surface area contributed by atoms with Crippen molar-refractivity contribution in [3.8, 4) is 0 Å². The second-order valence-corrected chi connectivity index (χ2v) is 6.58. The van der Waals surface area contributed by atoms with Gasteiger partial charge >= 0.3 is 0 Å². The van der Waals surface area contributed by atoms with Crippen LogP contribution in [0.25, 0.3) is 0 Å². The number of hydrogen-bond donors (Lipinski definition) is 1. The molecule has 3 unspecified atom stereocenters. The molecule has 2 aliphatic heterocycles. The highest BCUT2D eigenvalue weighted by Gasteiger charge is 2.37. The summed E-state index contributed by atoms with van der Waals surface area (Å²) in [6.07, 6.45) is 5.65. The van der Waals surface area contributed by atoms with Crippen molar-refractivity contribution >= 4 is 5.91 Å². The van der Waals surface area contributed by atoms with Gasteiger partial charge in [0.15, 0.2) is 0 Å². The number of nitrogens with one attached hydrogen (secondary N) is 1. The van der Waals surface area contributed by atoms with Crippen molar-refractivity contribution < 1.29 is 4.79 Å². The van der Waals surface area contributed by atoms with E-state index in [-0.39, 0.29) is 11.8 Å². The molecule has 0 radical (unpaired) electrons. The van der Waals surface area contributed by atoms with E-state index in [1.165, 1.54) is 12.8 Å². The average molecular weight is 286 g/mol. The highest BCUT2D eigenvalue weighted by molar-refractivity contribution is 5.83. The SMILES string of the molecule is CCC(C(=O)N(C)C1CC2CCC(C1)N2)c1ccccc1. The minimum absolute atomic E-state index is 0.00346. The maximum atomic E-state index is 12.9. The number of carbonyl (C=O) groups is 1. The molecule has 114 valence electrons. The molecule has 2 fully saturated rings. The molecule has 1 aromatic carbocycles. The van der Waals surface area contributed by atoms with Gasteiger partial charge in [0.25, 0.3) is 0 Å². The Morgan fingerprint density at radius 3 is 2.43 bits per heavy atom. The standard InChI is InChI=1S/C18H26N2O/c1-3-17(13-7-5-4-6-8-13)18(21)20(2)16-11-14-9-10-15(12-16)19-14/h4-8,14-17,19H,3,9-12H2,1-2H3. The maximum Gasteiger partial charge on any atom is 0.230 e. The lowest BCUT2D eigenvalue weighted by Gasteiger charge is -2.37. The maximum absolute atomic E-state index is 12.9. The van der Waals surface area contributed by atoms with E-state index >= 15 is 0 Å². The van der Waals surface area contributed by atoms with Crippen LogP contribution in [0, 0.1) is 0 Å². The molecule has 2 aliphatic rings. The summed E-state index contributed by atoms with van der Waals surface area (Å²) in [5, 5.41) is 3.65. The van der Waals surface area contributed by atoms with Crippen LogP contribution in [0.15, 0.2) is 30.3 Å². The Bertz CT molecular complexity index is 475. The van der Waals surface area contributed by atoms with Crippen molar-refractivity contribution in [3.63, 3.8) is 0 Å². The number of piperidine rings is 1. The van der Waals surface area contributed by atoms with Crippen LogP contribution in [0.4, 0.5) is 0 Å². The number of amides is 1. The number of carbonyl (C=O) groups excluding carboxylic acids is 1. The van der Waals surface area contributed by atoms with E-state index in [0.29, 0.717) is 18.1 Å². The molecule has 0 aromatic heterocycles. The fourth-order valence-electron chi connectivity index (χ4n) is 4.01. The van der Waals surface area contributed by atoms with E-state index < -0.39 is 0 Å². The zero-order valence-electron chi connectivity index (χ0n) is 13.1. The van der Waals surface area contributed by atoms with E-state index in [9.17, 15) is 4.79 Å². The Balaban J connectivity index is 1.71. The molecule has 0 spiro atoms. The molecule has 1 amide bonds. The molecular weight excluding hydrogens is 260 g/mol. The Morgan fingerprint density at radius 1 is 1.24 bits per heavy atom. The van der Waals surface area contributed by atoms with Crippen LogP contribution in [-0.4, -0.2) is 36.0 Å². The van der Waals surface area contributed by atoms with E-state index in [1.807, 2.05) is 30.1 Å². The molecule has 2 saturated heterocycles. The third-order valence-corrected chi connectivity index (χ3v) is 5.25. The largest absolute Gasteiger partial charge is 0.342 e. The van der Waals surface area contributed by atoms with Crippen molar-refractivity contribution in [2.75, 3.05) is 7.05 Å². The molecule has 3 nitrogen and oxygen atoms in total. The van der Waals surface area contributed by atoms with Crippen LogP contribution in [0.1, 0.15) is 50.5 Å². The topological polar surface area (TPSA) is 32.3 Å². The van der Waals surface area contributed by atoms with Gasteiger partial charge in [-0.3, -0.25) is 4.79 Å². The van der Waals surface area contributed by atoms with Crippen LogP contribution in [0.5, 0.6) is 0 Å². The van der Waals surface area contributed by atoms with Gasteiger partial charge in [-0.1, -0.05) is 37.3 Å². The van der Waals surface area contributed by atoms with E-state index in [4.69, 9.17) is 0 Å². The zero-order chi connectivity index (χ0) is 14.8. The van der Waals surface area contributed by atoms with Gasteiger partial charge in [-0.2, -0.15) is 0 Å². The second kappa shape index (κ2) is 6.18. The minimum atomic E-state index is 0.00346. The van der Waals surface area contributed by atoms with Gasteiger partial charge in [-0.25, -0.2) is 0 Å². The molecule has 3 rings (SSSR count). The molecule has 1 aromatic rings. The lowest BCUT2D eigenvalue weighted by Crippen LogP contribution is -2.49. The van der Waals surface area contributed by atoms with Crippen LogP contribution >= 0.6 is 0 Å². The van der Waals surface area contributed by atoms with Crippen molar-refractivity contribution in [2.45, 2.75) is 63.1 Å². The van der Waals surface area contributed by atoms with E-state index in [2.05, 4.69) is 24.4 Å². The molecule has 2 bridgehead atoms. The number of hydrogen-bond acceptors (Lipinski definition) is 2. The number of fused-ring (bicyclic) bond motifs is 2. The Kier molecular flexibility index (Phi) is 4.29. The van der Waals surface area contributed by atoms with Crippen molar-refractivity contribution in [1.82, 2.24) is 10.2 Å². The van der Waals surface area contributed by atoms with Crippen molar-refractivity contribution in [2.24, 2.45) is 0 Å². The molecule has 3 heteroatoms. The third-order valence-electron chi connectivity index (χ3n) is 5.25. The van der Waals surface area contributed by atoms with Crippen LogP contribution < -0.4 is 5.32 Å². The summed E-state index contributed by atoms with van der Waals surface area (Å²) in [6, 6.07) is 11.9. The van der Waals surface area contributed by atoms with E-state index in [1.54, 1.807) is 0 Å². The fraction of sp³-hybridized carbons (Fsp3) is 0.611. The minimum Gasteiger partial charge on any atom is -0.342 e. The molecular formula is C18H26N2O. The first-order chi connectivity index (χ1) is 10.2. The highest BCUT2D eigenvalue weighted by Crippen LogP contribution is 2.31. The van der Waals surface area contributed by atoms with Crippen molar-refractivity contribution in [3.05, 3.63) is 35.9 Å². The highest BCUT2D eigenvalue weighted by atomic mass is 16.2. The van der Waals surface area contributed by atoms with Gasteiger partial charge in [0, 0.05) is 25.2 Å². The summed E-state index contributed by atoms with van der Waals surface area (Å²) in [5.41, 5.74) is 1.15. The molecule has 0 saturated carbocycles. The average Bonchev–Trinajstić information content (AvgIpc) is 2.86. The number of rotatable bonds is 4. The summed E-state index contributed by atoms with van der Waals surface area (Å²) in [4.78, 5) is 14.9. The Labute approximate surface area is 127 Å². The fourth-order valence-corrected chi connectivity index (χ4v) is 4.01. The lowest BCUT2D eigenvalue weighted by atomic mass is 9.92. The molecule has 21 heavy (non-hydrogen) atoms. The zero-order valence-corrected chi connectivity index (χ0v) is 13.1. The predicted octanol–water partition coefficient (Wildman–Crippen LogP) is 2.92. The first-order valence-corrected chi connectivity index (χ1v) is 8.26. The van der Waals surface area contributed by atoms with Gasteiger partial charge < -0.3 is 10.2 Å². The quantitative estimate of drug-likeness (QED) is 0.923. The monoisotopic (exact) mass is 286 g/mol. The normalized spacial score (nSPS) is 29.1. The lowest BCUT2D eigenvalue weighted by molar-refractivity contribution is -0.134. The van der Waals surface area contributed by atoms with Crippen LogP contribution in [0.3, 0.4) is 0 Å². The molecule has 3 atom stereocenters. The summed E-state index contributed by atoms with van der Waals surface area (Å²) < 4.78 is 0. The summed E-state index contributed by atoms with van der Waals surface area (Å²) >= 11 is 0. The second-order valence-electron chi connectivity index (χ2n) is 6.58. The first kappa shape index (κ1) is 14.6. The Hall–Kier alpha value is -1.35. The van der Waals surface area contributed by atoms with E-state index in [0.717, 1.165) is 24.8 Å². The molecule has 1 N–H and O–H groups in total. The van der Waals surface area contributed by atoms with Gasteiger partial charge in [0.05, 0.1) is 5.92 Å². The number of nitrogens with zero attached hydrogens (tertiary/aromatic N) is 1. The van der Waals surface area contributed by atoms with Crippen molar-refractivity contribution in [1.29, 1.82) is 0 Å². The third kappa shape index (κ3) is 2.98. The van der Waals surface area contributed by atoms with Crippen LogP contribution in [-0.2, 0) is 4.79 Å². The molecule has 0 aliphatic carbocycles. The molecule has 2 heterocycles. The summed E-state index contributed by atoms with van der Waals surface area (Å²) in [7, 11) is 2.00. The van der Waals surface area contributed by atoms with Gasteiger partial charge in [-0.05, 0) is 37.7 Å². The van der Waals surface area contributed by atoms with Gasteiger partial charge in [0.1, 0.15) is 0 Å². The van der Waals surface area contributed by atoms with Gasteiger partial charge in [-0.15, -0.1) is 0 Å². The van der Waals surface area contributed by atoms with Crippen LogP contribution in [0.2, 0.25) is 0 Å².